The molecule has 3 heterocycles. The number of carbonyl (C=O) groups is 1. The standard InChI is InChI=1S/C25H27IN3O2P/c1-25(2,3)24(30)29-20-13-19-21(12-16(20)14-27-29)28(17-4-6-18(32)7-5-17)23(22(19)26)15-8-10-31-11-9-15/h4-7,12-15H,8-11,32H2,1-3H3. The molecule has 1 aliphatic heterocycles. The van der Waals surface area contributed by atoms with Crippen LogP contribution in [0.2, 0.25) is 0 Å². The van der Waals surface area contributed by atoms with Crippen LogP contribution in [0.1, 0.15) is 50.0 Å². The Hall–Kier alpha value is -1.76. The summed E-state index contributed by atoms with van der Waals surface area (Å²) in [4.78, 5) is 13.0. The van der Waals surface area contributed by atoms with Crippen LogP contribution in [0.3, 0.4) is 0 Å². The van der Waals surface area contributed by atoms with E-state index in [1.165, 1.54) is 9.26 Å². The molecule has 0 N–H and O–H groups in total. The van der Waals surface area contributed by atoms with Crippen LogP contribution >= 0.6 is 31.8 Å². The Kier molecular flexibility index (Phi) is 5.67. The van der Waals surface area contributed by atoms with Crippen LogP contribution in [0.4, 0.5) is 0 Å². The fraction of sp³-hybridized carbons (Fsp3) is 0.360. The number of fused-ring (bicyclic) bond motifs is 2. The van der Waals surface area contributed by atoms with Gasteiger partial charge in [-0.3, -0.25) is 4.79 Å². The van der Waals surface area contributed by atoms with Crippen molar-refractivity contribution < 1.29 is 9.53 Å². The van der Waals surface area contributed by atoms with Crippen LogP contribution < -0.4 is 5.30 Å². The monoisotopic (exact) mass is 559 g/mol. The van der Waals surface area contributed by atoms with Crippen molar-refractivity contribution in [2.75, 3.05) is 13.2 Å². The van der Waals surface area contributed by atoms with Crippen LogP contribution in [0.5, 0.6) is 0 Å². The fourth-order valence-electron chi connectivity index (χ4n) is 4.50. The van der Waals surface area contributed by atoms with Gasteiger partial charge in [0.25, 0.3) is 5.91 Å². The minimum atomic E-state index is -0.500. The lowest BCUT2D eigenvalue weighted by atomic mass is 9.95. The molecular formula is C25H27IN3O2P. The van der Waals surface area contributed by atoms with Crippen molar-refractivity contribution >= 4 is 64.8 Å². The molecule has 166 valence electrons. The van der Waals surface area contributed by atoms with E-state index in [-0.39, 0.29) is 5.91 Å². The second-order valence-electron chi connectivity index (χ2n) is 9.55. The van der Waals surface area contributed by atoms with Gasteiger partial charge >= 0.3 is 0 Å². The molecule has 1 saturated heterocycles. The number of aromatic nitrogens is 3. The van der Waals surface area contributed by atoms with Crippen molar-refractivity contribution in [2.45, 2.75) is 39.5 Å². The molecule has 5 nitrogen and oxygen atoms in total. The summed E-state index contributed by atoms with van der Waals surface area (Å²) in [6.07, 6.45) is 3.84. The summed E-state index contributed by atoms with van der Waals surface area (Å²) in [6, 6.07) is 12.9. The summed E-state index contributed by atoms with van der Waals surface area (Å²) in [5, 5.41) is 7.76. The molecule has 4 aromatic rings. The van der Waals surface area contributed by atoms with Gasteiger partial charge in [0, 0.05) is 50.3 Å². The zero-order valence-corrected chi connectivity index (χ0v) is 21.9. The van der Waals surface area contributed by atoms with Gasteiger partial charge in [0.15, 0.2) is 0 Å². The van der Waals surface area contributed by atoms with Gasteiger partial charge in [0.05, 0.1) is 17.2 Å². The third-order valence-corrected chi connectivity index (χ3v) is 7.74. The first kappa shape index (κ1) is 22.1. The second-order valence-corrected chi connectivity index (χ2v) is 11.3. The molecule has 1 aliphatic rings. The highest BCUT2D eigenvalue weighted by atomic mass is 127. The number of hydrogen-bond acceptors (Lipinski definition) is 3. The van der Waals surface area contributed by atoms with E-state index >= 15 is 0 Å². The number of benzene rings is 2. The Bertz CT molecular complexity index is 1330. The SMILES string of the molecule is CC(C)(C)C(=O)n1ncc2cc3c(cc21)c(I)c(C1CCOCC1)n3-c1ccc(P)cc1. The van der Waals surface area contributed by atoms with E-state index in [2.05, 4.69) is 77.9 Å². The van der Waals surface area contributed by atoms with E-state index < -0.39 is 5.41 Å². The third kappa shape index (κ3) is 3.70. The Morgan fingerprint density at radius 2 is 1.81 bits per heavy atom. The van der Waals surface area contributed by atoms with Crippen LogP contribution in [-0.2, 0) is 4.74 Å². The lowest BCUT2D eigenvalue weighted by molar-refractivity contribution is 0.0755. The first-order valence-electron chi connectivity index (χ1n) is 11.0. The normalized spacial score (nSPS) is 15.7. The van der Waals surface area contributed by atoms with Gasteiger partial charge in [-0.2, -0.15) is 9.78 Å². The Labute approximate surface area is 203 Å². The number of halogens is 1. The van der Waals surface area contributed by atoms with Gasteiger partial charge in [-0.15, -0.1) is 9.24 Å². The predicted molar refractivity (Wildman–Crippen MR) is 142 cm³/mol. The number of hydrogen-bond donors (Lipinski definition) is 0. The van der Waals surface area contributed by atoms with E-state index in [1.54, 1.807) is 4.68 Å². The van der Waals surface area contributed by atoms with Crippen LogP contribution in [0.25, 0.3) is 27.5 Å². The Morgan fingerprint density at radius 1 is 1.12 bits per heavy atom. The maximum Gasteiger partial charge on any atom is 0.252 e. The zero-order chi connectivity index (χ0) is 22.6. The van der Waals surface area contributed by atoms with E-state index in [0.29, 0.717) is 5.92 Å². The highest BCUT2D eigenvalue weighted by Crippen LogP contribution is 2.40. The minimum absolute atomic E-state index is 0.00183. The average Bonchev–Trinajstić information content (AvgIpc) is 3.31. The molecule has 0 radical (unpaired) electrons. The number of rotatable bonds is 2. The summed E-state index contributed by atoms with van der Waals surface area (Å²) in [6.45, 7) is 7.38. The first-order valence-corrected chi connectivity index (χ1v) is 12.6. The van der Waals surface area contributed by atoms with E-state index in [0.717, 1.165) is 58.9 Å². The van der Waals surface area contributed by atoms with Crippen molar-refractivity contribution in [3.63, 3.8) is 0 Å². The highest BCUT2D eigenvalue weighted by molar-refractivity contribution is 14.1. The quantitative estimate of drug-likeness (QED) is 0.235. The van der Waals surface area contributed by atoms with Gasteiger partial charge in [-0.1, -0.05) is 32.9 Å². The first-order chi connectivity index (χ1) is 15.3. The second kappa shape index (κ2) is 8.23. The van der Waals surface area contributed by atoms with E-state index in [1.807, 2.05) is 27.0 Å². The minimum Gasteiger partial charge on any atom is -0.381 e. The van der Waals surface area contributed by atoms with Crippen molar-refractivity contribution in [1.82, 2.24) is 14.3 Å². The van der Waals surface area contributed by atoms with Crippen molar-refractivity contribution in [1.29, 1.82) is 0 Å². The van der Waals surface area contributed by atoms with E-state index in [4.69, 9.17) is 4.74 Å². The molecule has 2 aromatic heterocycles. The summed E-state index contributed by atoms with van der Waals surface area (Å²) in [5.41, 5.74) is 4.02. The maximum absolute atomic E-state index is 13.0. The summed E-state index contributed by atoms with van der Waals surface area (Å²) in [7, 11) is 2.76. The van der Waals surface area contributed by atoms with Crippen LogP contribution in [0.15, 0.2) is 42.6 Å². The maximum atomic E-state index is 13.0. The molecule has 0 aliphatic carbocycles. The lowest BCUT2D eigenvalue weighted by Gasteiger charge is -2.24. The molecular weight excluding hydrogens is 532 g/mol. The van der Waals surface area contributed by atoms with Gasteiger partial charge in [-0.25, -0.2) is 0 Å². The lowest BCUT2D eigenvalue weighted by Crippen LogP contribution is -2.27. The molecule has 0 saturated carbocycles. The molecule has 0 bridgehead atoms. The molecule has 2 aromatic carbocycles. The van der Waals surface area contributed by atoms with Gasteiger partial charge in [0.2, 0.25) is 0 Å². The molecule has 0 spiro atoms. The molecule has 0 amide bonds. The Balaban J connectivity index is 1.79. The van der Waals surface area contributed by atoms with Gasteiger partial charge in [-0.05, 0) is 65.0 Å². The predicted octanol–water partition coefficient (Wildman–Crippen LogP) is 5.67. The molecule has 32 heavy (non-hydrogen) atoms. The van der Waals surface area contributed by atoms with Gasteiger partial charge < -0.3 is 9.30 Å². The number of ether oxygens (including phenoxy) is 1. The Morgan fingerprint density at radius 3 is 2.47 bits per heavy atom. The number of nitrogens with zero attached hydrogens (tertiary/aromatic N) is 3. The summed E-state index contributed by atoms with van der Waals surface area (Å²) < 4.78 is 10.9. The molecule has 5 rings (SSSR count). The summed E-state index contributed by atoms with van der Waals surface area (Å²) in [5.74, 6) is 0.441. The van der Waals surface area contributed by atoms with E-state index in [9.17, 15) is 4.79 Å². The van der Waals surface area contributed by atoms with Crippen molar-refractivity contribution in [3.8, 4) is 5.69 Å². The molecule has 1 fully saturated rings. The number of carbonyl (C=O) groups excluding carboxylic acids is 1. The zero-order valence-electron chi connectivity index (χ0n) is 18.6. The van der Waals surface area contributed by atoms with Crippen LogP contribution in [-0.4, -0.2) is 33.5 Å². The average molecular weight is 559 g/mol. The smallest absolute Gasteiger partial charge is 0.252 e. The summed E-state index contributed by atoms with van der Waals surface area (Å²) >= 11 is 2.49. The van der Waals surface area contributed by atoms with Crippen LogP contribution in [0, 0.1) is 8.99 Å². The molecule has 7 heteroatoms. The highest BCUT2D eigenvalue weighted by Gasteiger charge is 2.28. The topological polar surface area (TPSA) is 49.1 Å². The largest absolute Gasteiger partial charge is 0.381 e. The third-order valence-electron chi connectivity index (χ3n) is 6.22. The van der Waals surface area contributed by atoms with Crippen molar-refractivity contribution in [3.05, 3.63) is 51.9 Å². The van der Waals surface area contributed by atoms with Crippen molar-refractivity contribution in [2.24, 2.45) is 5.41 Å². The molecule has 1 unspecified atom stereocenters. The molecule has 1 atom stereocenters. The fourth-order valence-corrected chi connectivity index (χ4v) is 5.81. The van der Waals surface area contributed by atoms with Gasteiger partial charge in [0.1, 0.15) is 0 Å².